The van der Waals surface area contributed by atoms with Crippen molar-refractivity contribution in [3.05, 3.63) is 45.8 Å². The molecule has 1 saturated heterocycles. The number of piperidine rings is 1. The van der Waals surface area contributed by atoms with Gasteiger partial charge < -0.3 is 10.2 Å². The molecule has 1 aromatic heterocycles. The quantitative estimate of drug-likeness (QED) is 0.836. The number of hydrogen-bond acceptors (Lipinski definition) is 3. The zero-order valence-corrected chi connectivity index (χ0v) is 16.2. The number of amides is 1. The first-order chi connectivity index (χ1) is 11.1. The molecule has 1 aliphatic heterocycles. The smallest absolute Gasteiger partial charge is 0.263 e. The van der Waals surface area contributed by atoms with Gasteiger partial charge in [-0.05, 0) is 56.1 Å². The van der Waals surface area contributed by atoms with E-state index in [4.69, 9.17) is 11.6 Å². The minimum atomic E-state index is 0. The van der Waals surface area contributed by atoms with E-state index >= 15 is 0 Å². The molecule has 1 aromatic carbocycles. The van der Waals surface area contributed by atoms with E-state index in [0.29, 0.717) is 6.04 Å². The van der Waals surface area contributed by atoms with Crippen LogP contribution in [0.4, 0.5) is 0 Å². The van der Waals surface area contributed by atoms with Gasteiger partial charge in [0.2, 0.25) is 0 Å². The Hall–Kier alpha value is -1.07. The number of hydrogen-bond donors (Lipinski definition) is 1. The summed E-state index contributed by atoms with van der Waals surface area (Å²) in [7, 11) is 1.99. The highest BCUT2D eigenvalue weighted by Gasteiger charge is 2.24. The maximum atomic E-state index is 12.7. The van der Waals surface area contributed by atoms with Gasteiger partial charge in [-0.15, -0.1) is 23.7 Å². The van der Waals surface area contributed by atoms with E-state index in [0.717, 1.165) is 51.8 Å². The summed E-state index contributed by atoms with van der Waals surface area (Å²) >= 11 is 7.65. The van der Waals surface area contributed by atoms with E-state index in [2.05, 4.69) is 12.2 Å². The monoisotopic (exact) mass is 384 g/mol. The Balaban J connectivity index is 0.00000208. The van der Waals surface area contributed by atoms with Gasteiger partial charge in [0.05, 0.1) is 4.88 Å². The van der Waals surface area contributed by atoms with Crippen molar-refractivity contribution < 1.29 is 4.79 Å². The molecule has 0 aliphatic carbocycles. The number of rotatable bonds is 3. The number of carbonyl (C=O) groups excluding carboxylic acids is 1. The fourth-order valence-corrected chi connectivity index (χ4v) is 4.36. The molecular weight excluding hydrogens is 363 g/mol. The Bertz CT molecular complexity index is 709. The number of aryl methyl sites for hydroxylation is 1. The average Bonchev–Trinajstić information content (AvgIpc) is 2.96. The van der Waals surface area contributed by atoms with Crippen LogP contribution in [0.3, 0.4) is 0 Å². The Labute approximate surface area is 158 Å². The minimum Gasteiger partial charge on any atom is -0.338 e. The molecule has 1 aliphatic rings. The van der Waals surface area contributed by atoms with Crippen LogP contribution in [0.2, 0.25) is 5.02 Å². The predicted octanol–water partition coefficient (Wildman–Crippen LogP) is 4.62. The average molecular weight is 385 g/mol. The summed E-state index contributed by atoms with van der Waals surface area (Å²) < 4.78 is 0. The highest BCUT2D eigenvalue weighted by Crippen LogP contribution is 2.34. The molecule has 2 aromatic rings. The summed E-state index contributed by atoms with van der Waals surface area (Å²) in [6.07, 6.45) is 2.04. The van der Waals surface area contributed by atoms with Crippen molar-refractivity contribution in [1.82, 2.24) is 10.2 Å². The third-order valence-electron chi connectivity index (χ3n) is 4.41. The molecule has 0 radical (unpaired) electrons. The standard InChI is InChI=1S/C18H21ClN2OS.ClH/c1-12-10-16(18(22)21-8-6-15(20-2)7-9-21)23-17(12)13-4-3-5-14(19)11-13;/h3-5,10-11,15,20H,6-9H2,1-2H3;1H. The van der Waals surface area contributed by atoms with Crippen LogP contribution in [0.15, 0.2) is 30.3 Å². The van der Waals surface area contributed by atoms with Crippen LogP contribution in [0.5, 0.6) is 0 Å². The predicted molar refractivity (Wildman–Crippen MR) is 105 cm³/mol. The third-order valence-corrected chi connectivity index (χ3v) is 5.92. The van der Waals surface area contributed by atoms with Crippen LogP contribution in [-0.2, 0) is 0 Å². The maximum Gasteiger partial charge on any atom is 0.263 e. The number of thiophene rings is 1. The molecule has 1 fully saturated rings. The van der Waals surface area contributed by atoms with E-state index in [9.17, 15) is 4.79 Å². The van der Waals surface area contributed by atoms with E-state index in [1.54, 1.807) is 11.3 Å². The molecule has 2 heterocycles. The SMILES string of the molecule is CNC1CCN(C(=O)c2cc(C)c(-c3cccc(Cl)c3)s2)CC1.Cl. The number of nitrogens with one attached hydrogen (secondary N) is 1. The molecule has 24 heavy (non-hydrogen) atoms. The van der Waals surface area contributed by atoms with Crippen LogP contribution >= 0.6 is 35.3 Å². The van der Waals surface area contributed by atoms with E-state index in [1.165, 1.54) is 0 Å². The van der Waals surface area contributed by atoms with Gasteiger partial charge in [-0.25, -0.2) is 0 Å². The fraction of sp³-hybridized carbons (Fsp3) is 0.389. The molecule has 0 bridgehead atoms. The van der Waals surface area contributed by atoms with Crippen molar-refractivity contribution in [1.29, 1.82) is 0 Å². The fourth-order valence-electron chi connectivity index (χ4n) is 3.03. The Morgan fingerprint density at radius 1 is 1.29 bits per heavy atom. The molecule has 1 N–H and O–H groups in total. The molecule has 1 amide bonds. The molecule has 0 unspecified atom stereocenters. The highest BCUT2D eigenvalue weighted by molar-refractivity contribution is 7.17. The van der Waals surface area contributed by atoms with Gasteiger partial charge in [0.25, 0.3) is 5.91 Å². The summed E-state index contributed by atoms with van der Waals surface area (Å²) in [5.41, 5.74) is 2.21. The van der Waals surface area contributed by atoms with Crippen LogP contribution in [0.1, 0.15) is 28.1 Å². The number of benzene rings is 1. The van der Waals surface area contributed by atoms with Crippen LogP contribution < -0.4 is 5.32 Å². The van der Waals surface area contributed by atoms with Gasteiger partial charge in [-0.3, -0.25) is 4.79 Å². The van der Waals surface area contributed by atoms with Crippen LogP contribution in [-0.4, -0.2) is 37.0 Å². The zero-order chi connectivity index (χ0) is 16.4. The van der Waals surface area contributed by atoms with Gasteiger partial charge in [-0.1, -0.05) is 23.7 Å². The first kappa shape index (κ1) is 19.3. The summed E-state index contributed by atoms with van der Waals surface area (Å²) in [5.74, 6) is 0.154. The van der Waals surface area contributed by atoms with Crippen molar-refractivity contribution in [3.63, 3.8) is 0 Å². The van der Waals surface area contributed by atoms with Crippen molar-refractivity contribution in [2.45, 2.75) is 25.8 Å². The first-order valence-corrected chi connectivity index (χ1v) is 9.11. The molecule has 3 rings (SSSR count). The summed E-state index contributed by atoms with van der Waals surface area (Å²) in [6.45, 7) is 3.71. The largest absolute Gasteiger partial charge is 0.338 e. The lowest BCUT2D eigenvalue weighted by Gasteiger charge is -2.31. The topological polar surface area (TPSA) is 32.3 Å². The zero-order valence-electron chi connectivity index (χ0n) is 13.8. The Morgan fingerprint density at radius 3 is 2.62 bits per heavy atom. The lowest BCUT2D eigenvalue weighted by molar-refractivity contribution is 0.0712. The molecule has 0 spiro atoms. The summed E-state index contributed by atoms with van der Waals surface area (Å²) in [4.78, 5) is 16.7. The van der Waals surface area contributed by atoms with Crippen LogP contribution in [0.25, 0.3) is 10.4 Å². The lowest BCUT2D eigenvalue weighted by Crippen LogP contribution is -2.43. The van der Waals surface area contributed by atoms with Gasteiger partial charge in [0.15, 0.2) is 0 Å². The van der Waals surface area contributed by atoms with E-state index in [-0.39, 0.29) is 18.3 Å². The molecule has 3 nitrogen and oxygen atoms in total. The Kier molecular flexibility index (Phi) is 6.70. The van der Waals surface area contributed by atoms with Gasteiger partial charge in [-0.2, -0.15) is 0 Å². The number of halogens is 2. The van der Waals surface area contributed by atoms with Crippen molar-refractivity contribution in [2.24, 2.45) is 0 Å². The second-order valence-electron chi connectivity index (χ2n) is 5.99. The second kappa shape index (κ2) is 8.34. The summed E-state index contributed by atoms with van der Waals surface area (Å²) in [6, 6.07) is 10.3. The molecule has 130 valence electrons. The van der Waals surface area contributed by atoms with Crippen molar-refractivity contribution >= 4 is 41.3 Å². The van der Waals surface area contributed by atoms with Gasteiger partial charge in [0.1, 0.15) is 0 Å². The normalized spacial score (nSPS) is 15.2. The van der Waals surface area contributed by atoms with Gasteiger partial charge >= 0.3 is 0 Å². The van der Waals surface area contributed by atoms with E-state index in [1.807, 2.05) is 42.3 Å². The lowest BCUT2D eigenvalue weighted by atomic mass is 10.1. The highest BCUT2D eigenvalue weighted by atomic mass is 35.5. The molecule has 0 atom stereocenters. The second-order valence-corrected chi connectivity index (χ2v) is 7.48. The molecular formula is C18H22Cl2N2OS. The van der Waals surface area contributed by atoms with Crippen LogP contribution in [0, 0.1) is 6.92 Å². The maximum absolute atomic E-state index is 12.7. The number of likely N-dealkylation sites (tertiary alicyclic amines) is 1. The molecule has 0 saturated carbocycles. The summed E-state index contributed by atoms with van der Waals surface area (Å²) in [5, 5.41) is 4.02. The van der Waals surface area contributed by atoms with Gasteiger partial charge in [0, 0.05) is 29.0 Å². The third kappa shape index (κ3) is 4.12. The number of nitrogens with zero attached hydrogens (tertiary/aromatic N) is 1. The minimum absolute atomic E-state index is 0. The van der Waals surface area contributed by atoms with E-state index < -0.39 is 0 Å². The van der Waals surface area contributed by atoms with Crippen molar-refractivity contribution in [3.8, 4) is 10.4 Å². The van der Waals surface area contributed by atoms with Crippen molar-refractivity contribution in [2.75, 3.05) is 20.1 Å². The number of carbonyl (C=O) groups is 1. The molecule has 6 heteroatoms. The first-order valence-electron chi connectivity index (χ1n) is 7.91. The Morgan fingerprint density at radius 2 is 2.00 bits per heavy atom.